The van der Waals surface area contributed by atoms with Crippen molar-refractivity contribution in [3.8, 4) is 11.5 Å². The third-order valence-electron chi connectivity index (χ3n) is 3.54. The van der Waals surface area contributed by atoms with Crippen LogP contribution in [0.2, 0.25) is 0 Å². The lowest BCUT2D eigenvalue weighted by Crippen LogP contribution is -2.12. The lowest BCUT2D eigenvalue weighted by atomic mass is 10.2. The van der Waals surface area contributed by atoms with Gasteiger partial charge in [-0.25, -0.2) is 0 Å². The maximum atomic E-state index is 12.4. The van der Waals surface area contributed by atoms with Crippen molar-refractivity contribution >= 4 is 11.6 Å². The molecule has 6 heteroatoms. The number of nitrogens with one attached hydrogen (secondary N) is 1. The second-order valence-electron chi connectivity index (χ2n) is 5.44. The van der Waals surface area contributed by atoms with Crippen molar-refractivity contribution in [2.75, 3.05) is 11.9 Å². The molecule has 0 radical (unpaired) electrons. The van der Waals surface area contributed by atoms with E-state index in [-0.39, 0.29) is 5.91 Å². The zero-order chi connectivity index (χ0) is 18.2. The van der Waals surface area contributed by atoms with Crippen molar-refractivity contribution in [3.05, 3.63) is 78.4 Å². The van der Waals surface area contributed by atoms with Crippen LogP contribution in [-0.4, -0.2) is 22.5 Å². The van der Waals surface area contributed by atoms with Gasteiger partial charge in [0, 0.05) is 29.7 Å². The monoisotopic (exact) mass is 349 g/mol. The number of benzene rings is 1. The van der Waals surface area contributed by atoms with Gasteiger partial charge in [0.1, 0.15) is 6.61 Å². The van der Waals surface area contributed by atoms with Crippen LogP contribution >= 0.6 is 0 Å². The highest BCUT2D eigenvalue weighted by molar-refractivity contribution is 6.04. The van der Waals surface area contributed by atoms with Crippen LogP contribution in [0.25, 0.3) is 0 Å². The average Bonchev–Trinajstić information content (AvgIpc) is 2.69. The first-order valence-electron chi connectivity index (χ1n) is 8.26. The Morgan fingerprint density at radius 2 is 1.81 bits per heavy atom. The predicted molar refractivity (Wildman–Crippen MR) is 98.4 cm³/mol. The lowest BCUT2D eigenvalue weighted by Gasteiger charge is -2.13. The van der Waals surface area contributed by atoms with E-state index in [0.717, 1.165) is 5.56 Å². The summed E-state index contributed by atoms with van der Waals surface area (Å²) in [5.74, 6) is 0.863. The maximum absolute atomic E-state index is 12.4. The van der Waals surface area contributed by atoms with E-state index in [2.05, 4.69) is 15.3 Å². The van der Waals surface area contributed by atoms with E-state index in [0.29, 0.717) is 36.0 Å². The van der Waals surface area contributed by atoms with Gasteiger partial charge in [-0.05, 0) is 43.3 Å². The number of ether oxygens (including phenoxy) is 2. The number of carbonyl (C=O) groups excluding carboxylic acids is 1. The van der Waals surface area contributed by atoms with Gasteiger partial charge in [0.05, 0.1) is 18.5 Å². The predicted octanol–water partition coefficient (Wildman–Crippen LogP) is 3.71. The molecule has 1 aromatic carbocycles. The largest absolute Gasteiger partial charge is 0.490 e. The zero-order valence-electron chi connectivity index (χ0n) is 14.4. The van der Waals surface area contributed by atoms with Crippen molar-refractivity contribution in [3.63, 3.8) is 0 Å². The van der Waals surface area contributed by atoms with E-state index >= 15 is 0 Å². The SMILES string of the molecule is CCOc1cc(C(=O)Nc2cccnc2)ccc1OCc1cccnc1. The van der Waals surface area contributed by atoms with Crippen LogP contribution in [0.4, 0.5) is 5.69 Å². The Kier molecular flexibility index (Phi) is 5.77. The minimum atomic E-state index is -0.238. The minimum Gasteiger partial charge on any atom is -0.490 e. The normalized spacial score (nSPS) is 10.2. The molecule has 0 saturated heterocycles. The highest BCUT2D eigenvalue weighted by atomic mass is 16.5. The third kappa shape index (κ3) is 4.57. The second kappa shape index (κ2) is 8.62. The van der Waals surface area contributed by atoms with Crippen molar-refractivity contribution < 1.29 is 14.3 Å². The molecule has 26 heavy (non-hydrogen) atoms. The molecule has 1 amide bonds. The molecule has 1 N–H and O–H groups in total. The van der Waals surface area contributed by atoms with Gasteiger partial charge >= 0.3 is 0 Å². The highest BCUT2D eigenvalue weighted by Gasteiger charge is 2.12. The molecular formula is C20H19N3O3. The number of anilines is 1. The summed E-state index contributed by atoms with van der Waals surface area (Å²) < 4.78 is 11.5. The molecule has 3 rings (SSSR count). The van der Waals surface area contributed by atoms with Crippen LogP contribution < -0.4 is 14.8 Å². The summed E-state index contributed by atoms with van der Waals surface area (Å²) in [7, 11) is 0. The number of rotatable bonds is 7. The molecule has 0 aliphatic heterocycles. The standard InChI is InChI=1S/C20H19N3O3/c1-2-25-19-11-16(20(24)23-17-6-4-10-22-13-17)7-8-18(19)26-14-15-5-3-9-21-12-15/h3-13H,2,14H2,1H3,(H,23,24). The number of hydrogen-bond donors (Lipinski definition) is 1. The number of pyridine rings is 2. The summed E-state index contributed by atoms with van der Waals surface area (Å²) in [6, 6.07) is 12.4. The van der Waals surface area contributed by atoms with Crippen molar-refractivity contribution in [2.24, 2.45) is 0 Å². The molecule has 0 atom stereocenters. The Hall–Kier alpha value is -3.41. The third-order valence-corrected chi connectivity index (χ3v) is 3.54. The van der Waals surface area contributed by atoms with Crippen LogP contribution in [0, 0.1) is 0 Å². The lowest BCUT2D eigenvalue weighted by molar-refractivity contribution is 0.102. The summed E-state index contributed by atoms with van der Waals surface area (Å²) in [6.45, 7) is 2.72. The van der Waals surface area contributed by atoms with E-state index in [1.807, 2.05) is 19.1 Å². The molecule has 0 spiro atoms. The smallest absolute Gasteiger partial charge is 0.255 e. The Balaban J connectivity index is 1.74. The Labute approximate surface area is 151 Å². The average molecular weight is 349 g/mol. The number of aromatic nitrogens is 2. The quantitative estimate of drug-likeness (QED) is 0.704. The Morgan fingerprint density at radius 1 is 1.00 bits per heavy atom. The van der Waals surface area contributed by atoms with Crippen LogP contribution in [0.15, 0.2) is 67.3 Å². The zero-order valence-corrected chi connectivity index (χ0v) is 14.4. The topological polar surface area (TPSA) is 73.3 Å². The Bertz CT molecular complexity index is 855. The van der Waals surface area contributed by atoms with Gasteiger partial charge in [0.15, 0.2) is 11.5 Å². The first-order valence-corrected chi connectivity index (χ1v) is 8.26. The molecule has 2 aromatic heterocycles. The van der Waals surface area contributed by atoms with E-state index in [9.17, 15) is 4.79 Å². The van der Waals surface area contributed by atoms with Crippen molar-refractivity contribution in [1.29, 1.82) is 0 Å². The molecule has 0 aliphatic carbocycles. The molecule has 6 nitrogen and oxygen atoms in total. The van der Waals surface area contributed by atoms with E-state index in [1.165, 1.54) is 0 Å². The van der Waals surface area contributed by atoms with Gasteiger partial charge in [0.2, 0.25) is 0 Å². The Morgan fingerprint density at radius 3 is 2.50 bits per heavy atom. The van der Waals surface area contributed by atoms with E-state index < -0.39 is 0 Å². The fourth-order valence-corrected chi connectivity index (χ4v) is 2.32. The van der Waals surface area contributed by atoms with Gasteiger partial charge in [-0.1, -0.05) is 6.07 Å². The summed E-state index contributed by atoms with van der Waals surface area (Å²) in [5.41, 5.74) is 2.06. The molecule has 0 aliphatic rings. The number of amides is 1. The fourth-order valence-electron chi connectivity index (χ4n) is 2.32. The number of carbonyl (C=O) groups is 1. The van der Waals surface area contributed by atoms with Crippen LogP contribution in [-0.2, 0) is 6.61 Å². The molecule has 0 bridgehead atoms. The number of hydrogen-bond acceptors (Lipinski definition) is 5. The van der Waals surface area contributed by atoms with Gasteiger partial charge in [-0.3, -0.25) is 14.8 Å². The molecule has 0 saturated carbocycles. The summed E-state index contributed by atoms with van der Waals surface area (Å²) in [4.78, 5) is 20.5. The minimum absolute atomic E-state index is 0.238. The summed E-state index contributed by atoms with van der Waals surface area (Å²) >= 11 is 0. The molecule has 132 valence electrons. The molecule has 0 unspecified atom stereocenters. The van der Waals surface area contributed by atoms with Crippen LogP contribution in [0.5, 0.6) is 11.5 Å². The molecular weight excluding hydrogens is 330 g/mol. The van der Waals surface area contributed by atoms with Gasteiger partial charge in [-0.2, -0.15) is 0 Å². The number of nitrogens with zero attached hydrogens (tertiary/aromatic N) is 2. The summed E-state index contributed by atoms with van der Waals surface area (Å²) in [5, 5.41) is 2.80. The van der Waals surface area contributed by atoms with Crippen LogP contribution in [0.3, 0.4) is 0 Å². The second-order valence-corrected chi connectivity index (χ2v) is 5.44. The molecule has 2 heterocycles. The van der Waals surface area contributed by atoms with Crippen molar-refractivity contribution in [1.82, 2.24) is 9.97 Å². The fraction of sp³-hybridized carbons (Fsp3) is 0.150. The van der Waals surface area contributed by atoms with Crippen LogP contribution in [0.1, 0.15) is 22.8 Å². The molecule has 3 aromatic rings. The van der Waals surface area contributed by atoms with Crippen molar-refractivity contribution in [2.45, 2.75) is 13.5 Å². The van der Waals surface area contributed by atoms with Gasteiger partial charge in [-0.15, -0.1) is 0 Å². The van der Waals surface area contributed by atoms with E-state index in [1.54, 1.807) is 55.1 Å². The first kappa shape index (κ1) is 17.4. The highest BCUT2D eigenvalue weighted by Crippen LogP contribution is 2.29. The van der Waals surface area contributed by atoms with Gasteiger partial charge in [0.25, 0.3) is 5.91 Å². The summed E-state index contributed by atoms with van der Waals surface area (Å²) in [6.07, 6.45) is 6.70. The van der Waals surface area contributed by atoms with E-state index in [4.69, 9.17) is 9.47 Å². The maximum Gasteiger partial charge on any atom is 0.255 e. The van der Waals surface area contributed by atoms with Gasteiger partial charge < -0.3 is 14.8 Å². The molecule has 0 fully saturated rings. The first-order chi connectivity index (χ1) is 12.8.